The lowest BCUT2D eigenvalue weighted by atomic mass is 10.00. The van der Waals surface area contributed by atoms with Crippen molar-refractivity contribution in [3.8, 4) is 0 Å². The highest BCUT2D eigenvalue weighted by atomic mass is 16.6. The van der Waals surface area contributed by atoms with Crippen molar-refractivity contribution in [3.63, 3.8) is 0 Å². The molecular formula is C23H28N2O2. The summed E-state index contributed by atoms with van der Waals surface area (Å²) in [6.07, 6.45) is 2.75. The van der Waals surface area contributed by atoms with Crippen molar-refractivity contribution in [1.29, 1.82) is 0 Å². The zero-order chi connectivity index (χ0) is 19.4. The Labute approximate surface area is 160 Å². The van der Waals surface area contributed by atoms with Gasteiger partial charge in [0.15, 0.2) is 0 Å². The molecule has 0 bridgehead atoms. The number of amides is 1. The number of nitrogens with one attached hydrogen (secondary N) is 2. The number of alkyl carbamates (subject to hydrolysis) is 1. The van der Waals surface area contributed by atoms with E-state index >= 15 is 0 Å². The fourth-order valence-electron chi connectivity index (χ4n) is 3.30. The Balaban J connectivity index is 1.82. The van der Waals surface area contributed by atoms with E-state index in [1.165, 1.54) is 10.9 Å². The smallest absolute Gasteiger partial charge is 0.407 e. The Morgan fingerprint density at radius 1 is 1.07 bits per heavy atom. The van der Waals surface area contributed by atoms with Gasteiger partial charge in [-0.15, -0.1) is 0 Å². The molecule has 0 aliphatic heterocycles. The first-order valence-corrected chi connectivity index (χ1v) is 9.40. The van der Waals surface area contributed by atoms with Crippen molar-refractivity contribution in [3.05, 3.63) is 71.4 Å². The number of hydrogen-bond donors (Lipinski definition) is 2. The molecule has 1 heterocycles. The lowest BCUT2D eigenvalue weighted by Crippen LogP contribution is -2.42. The molecule has 0 unspecified atom stereocenters. The molecule has 1 amide bonds. The van der Waals surface area contributed by atoms with Gasteiger partial charge in [-0.3, -0.25) is 0 Å². The second-order valence-corrected chi connectivity index (χ2v) is 8.11. The first-order valence-electron chi connectivity index (χ1n) is 9.40. The van der Waals surface area contributed by atoms with E-state index in [4.69, 9.17) is 4.74 Å². The Kier molecular flexibility index (Phi) is 5.54. The molecule has 0 saturated carbocycles. The first-order chi connectivity index (χ1) is 12.8. The lowest BCUT2D eigenvalue weighted by molar-refractivity contribution is 0.0913. The van der Waals surface area contributed by atoms with E-state index < -0.39 is 0 Å². The van der Waals surface area contributed by atoms with Gasteiger partial charge in [0.25, 0.3) is 0 Å². The topological polar surface area (TPSA) is 54.1 Å². The van der Waals surface area contributed by atoms with Crippen molar-refractivity contribution in [2.45, 2.75) is 52.2 Å². The highest BCUT2D eigenvalue weighted by Crippen LogP contribution is 2.24. The molecule has 0 fully saturated rings. The van der Waals surface area contributed by atoms with Crippen LogP contribution in [-0.4, -0.2) is 22.7 Å². The molecule has 0 aliphatic carbocycles. The summed E-state index contributed by atoms with van der Waals surface area (Å²) in [6.45, 7) is 7.94. The molecule has 27 heavy (non-hydrogen) atoms. The van der Waals surface area contributed by atoms with Crippen molar-refractivity contribution < 1.29 is 9.53 Å². The number of aromatic nitrogens is 1. The maximum atomic E-state index is 12.4. The predicted molar refractivity (Wildman–Crippen MR) is 110 cm³/mol. The third-order valence-corrected chi connectivity index (χ3v) is 4.51. The molecule has 1 aromatic heterocycles. The summed E-state index contributed by atoms with van der Waals surface area (Å²) in [5, 5.41) is 4.08. The number of H-pyrrole nitrogens is 1. The Morgan fingerprint density at radius 3 is 2.52 bits per heavy atom. The minimum absolute atomic E-state index is 0.241. The molecule has 3 rings (SSSR count). The number of aryl methyl sites for hydroxylation is 1. The fraction of sp³-hybridized carbons (Fsp3) is 0.348. The first kappa shape index (κ1) is 19.0. The molecule has 0 radical (unpaired) electrons. The SMILES string of the molecule is Cc1cccc2c(C[C@@H](Cc3ccccc3)OC(=O)NC(C)(C)C)c[nH]c12. The van der Waals surface area contributed by atoms with E-state index in [2.05, 4.69) is 47.6 Å². The molecule has 3 aromatic rings. The number of ether oxygens (including phenoxy) is 1. The number of rotatable bonds is 5. The van der Waals surface area contributed by atoms with Gasteiger partial charge in [0.1, 0.15) is 6.10 Å². The maximum Gasteiger partial charge on any atom is 0.407 e. The van der Waals surface area contributed by atoms with E-state index in [9.17, 15) is 4.79 Å². The van der Waals surface area contributed by atoms with Crippen LogP contribution in [0.25, 0.3) is 10.9 Å². The largest absolute Gasteiger partial charge is 0.446 e. The van der Waals surface area contributed by atoms with Crippen molar-refractivity contribution >= 4 is 17.0 Å². The van der Waals surface area contributed by atoms with Gasteiger partial charge in [0.2, 0.25) is 0 Å². The fourth-order valence-corrected chi connectivity index (χ4v) is 3.30. The van der Waals surface area contributed by atoms with Crippen molar-refractivity contribution in [2.24, 2.45) is 0 Å². The number of aromatic amines is 1. The van der Waals surface area contributed by atoms with Crippen LogP contribution >= 0.6 is 0 Å². The average molecular weight is 364 g/mol. The minimum Gasteiger partial charge on any atom is -0.446 e. The molecule has 0 saturated heterocycles. The number of hydrogen-bond acceptors (Lipinski definition) is 2. The molecule has 0 spiro atoms. The van der Waals surface area contributed by atoms with E-state index in [1.807, 2.05) is 45.2 Å². The molecule has 142 valence electrons. The normalized spacial score (nSPS) is 12.7. The molecular weight excluding hydrogens is 336 g/mol. The zero-order valence-corrected chi connectivity index (χ0v) is 16.5. The van der Waals surface area contributed by atoms with Crippen LogP contribution in [0.5, 0.6) is 0 Å². The van der Waals surface area contributed by atoms with Gasteiger partial charge in [-0.25, -0.2) is 4.79 Å². The van der Waals surface area contributed by atoms with Gasteiger partial charge in [-0.1, -0.05) is 48.5 Å². The molecule has 2 N–H and O–H groups in total. The van der Waals surface area contributed by atoms with Crippen LogP contribution in [0.3, 0.4) is 0 Å². The number of benzene rings is 2. The molecule has 4 nitrogen and oxygen atoms in total. The van der Waals surface area contributed by atoms with Gasteiger partial charge < -0.3 is 15.0 Å². The highest BCUT2D eigenvalue weighted by Gasteiger charge is 2.21. The van der Waals surface area contributed by atoms with Gasteiger partial charge in [0.05, 0.1) is 0 Å². The Morgan fingerprint density at radius 2 is 1.81 bits per heavy atom. The zero-order valence-electron chi connectivity index (χ0n) is 16.5. The standard InChI is InChI=1S/C23H28N2O2/c1-16-9-8-12-20-18(15-24-21(16)20)14-19(13-17-10-6-5-7-11-17)27-22(26)25-23(2,3)4/h5-12,15,19,24H,13-14H2,1-4H3,(H,25,26)/t19-/m1/s1. The monoisotopic (exact) mass is 364 g/mol. The van der Waals surface area contributed by atoms with Crippen LogP contribution in [0.1, 0.15) is 37.5 Å². The van der Waals surface area contributed by atoms with E-state index in [0.29, 0.717) is 12.8 Å². The van der Waals surface area contributed by atoms with Crippen LogP contribution in [0, 0.1) is 6.92 Å². The Bertz CT molecular complexity index is 907. The summed E-state index contributed by atoms with van der Waals surface area (Å²) in [5.41, 5.74) is 4.35. The number of carbonyl (C=O) groups excluding carboxylic acids is 1. The summed E-state index contributed by atoms with van der Waals surface area (Å²) in [5.74, 6) is 0. The second kappa shape index (κ2) is 7.87. The van der Waals surface area contributed by atoms with Crippen LogP contribution in [0.15, 0.2) is 54.7 Å². The number of carbonyl (C=O) groups is 1. The quantitative estimate of drug-likeness (QED) is 0.657. The third-order valence-electron chi connectivity index (χ3n) is 4.51. The second-order valence-electron chi connectivity index (χ2n) is 8.11. The number of para-hydroxylation sites is 1. The molecule has 4 heteroatoms. The summed E-state index contributed by atoms with van der Waals surface area (Å²) in [4.78, 5) is 15.7. The van der Waals surface area contributed by atoms with Gasteiger partial charge >= 0.3 is 6.09 Å². The Hall–Kier alpha value is -2.75. The van der Waals surface area contributed by atoms with E-state index in [1.54, 1.807) is 0 Å². The van der Waals surface area contributed by atoms with Crippen LogP contribution in [0.2, 0.25) is 0 Å². The van der Waals surface area contributed by atoms with Crippen LogP contribution in [-0.2, 0) is 17.6 Å². The molecule has 1 atom stereocenters. The summed E-state index contributed by atoms with van der Waals surface area (Å²) >= 11 is 0. The molecule has 2 aromatic carbocycles. The number of fused-ring (bicyclic) bond motifs is 1. The maximum absolute atomic E-state index is 12.4. The summed E-state index contributed by atoms with van der Waals surface area (Å²) < 4.78 is 5.82. The van der Waals surface area contributed by atoms with Crippen molar-refractivity contribution in [2.75, 3.05) is 0 Å². The van der Waals surface area contributed by atoms with Crippen LogP contribution < -0.4 is 5.32 Å². The van der Waals surface area contributed by atoms with E-state index in [-0.39, 0.29) is 17.7 Å². The lowest BCUT2D eigenvalue weighted by Gasteiger charge is -2.24. The van der Waals surface area contributed by atoms with Crippen molar-refractivity contribution in [1.82, 2.24) is 10.3 Å². The van der Waals surface area contributed by atoms with Gasteiger partial charge in [-0.2, -0.15) is 0 Å². The van der Waals surface area contributed by atoms with E-state index in [0.717, 1.165) is 16.6 Å². The third kappa shape index (κ3) is 5.13. The predicted octanol–water partition coefficient (Wildman–Crippen LogP) is 5.15. The summed E-state index contributed by atoms with van der Waals surface area (Å²) in [6, 6.07) is 16.4. The molecule has 0 aliphatic rings. The average Bonchev–Trinajstić information content (AvgIpc) is 2.98. The van der Waals surface area contributed by atoms with Gasteiger partial charge in [-0.05, 0) is 44.4 Å². The van der Waals surface area contributed by atoms with Crippen LogP contribution in [0.4, 0.5) is 4.79 Å². The highest BCUT2D eigenvalue weighted by molar-refractivity contribution is 5.85. The summed E-state index contributed by atoms with van der Waals surface area (Å²) in [7, 11) is 0. The van der Waals surface area contributed by atoms with Gasteiger partial charge in [0, 0.05) is 35.5 Å². The minimum atomic E-state index is -0.376.